The molecule has 9 heteroatoms. The van der Waals surface area contributed by atoms with Crippen LogP contribution in [0.15, 0.2) is 0 Å². The molecule has 0 bridgehead atoms. The first-order chi connectivity index (χ1) is 14.5. The van der Waals surface area contributed by atoms with Gasteiger partial charge in [-0.3, -0.25) is 30.4 Å². The predicted molar refractivity (Wildman–Crippen MR) is 115 cm³/mol. The largest absolute Gasteiger partial charge is 0.369 e. The van der Waals surface area contributed by atoms with Gasteiger partial charge in [-0.1, -0.05) is 6.42 Å². The smallest absolute Gasteiger partial charge is 0.225 e. The van der Waals surface area contributed by atoms with E-state index in [0.29, 0.717) is 12.5 Å². The Bertz CT molecular complexity index is 612. The lowest BCUT2D eigenvalue weighted by atomic mass is 9.84. The molecule has 170 valence electrons. The van der Waals surface area contributed by atoms with E-state index in [1.165, 1.54) is 0 Å². The summed E-state index contributed by atoms with van der Waals surface area (Å²) in [7, 11) is 0. The van der Waals surface area contributed by atoms with E-state index in [1.807, 2.05) is 4.90 Å². The van der Waals surface area contributed by atoms with Crippen LogP contribution in [0.25, 0.3) is 0 Å². The third-order valence-corrected chi connectivity index (χ3v) is 7.35. The summed E-state index contributed by atoms with van der Waals surface area (Å²) >= 11 is 0. The molecule has 1 aliphatic carbocycles. The fourth-order valence-electron chi connectivity index (χ4n) is 5.66. The van der Waals surface area contributed by atoms with E-state index >= 15 is 0 Å². The number of rotatable bonds is 5. The van der Waals surface area contributed by atoms with Gasteiger partial charge in [0.15, 0.2) is 0 Å². The number of carbonyl (C=O) groups excluding carboxylic acids is 2. The van der Waals surface area contributed by atoms with Crippen molar-refractivity contribution in [2.24, 2.45) is 23.3 Å². The molecular weight excluding hydrogens is 382 g/mol. The third kappa shape index (κ3) is 5.13. The van der Waals surface area contributed by atoms with Crippen molar-refractivity contribution in [3.63, 3.8) is 0 Å². The summed E-state index contributed by atoms with van der Waals surface area (Å²) in [5.74, 6) is -0.209. The van der Waals surface area contributed by atoms with E-state index in [-0.39, 0.29) is 42.3 Å². The molecule has 4 rings (SSSR count). The summed E-state index contributed by atoms with van der Waals surface area (Å²) in [5.41, 5.74) is 11.9. The number of likely N-dealkylation sites (tertiary alicyclic amines) is 2. The lowest BCUT2D eigenvalue weighted by Gasteiger charge is -2.46. The molecule has 3 aliphatic heterocycles. The SMILES string of the molecule is NC(=O)C1CNC(N2CCC[C@H](N)C2)NC1NC1CCCC(C(=O)N2CCCC2)C1. The van der Waals surface area contributed by atoms with Crippen LogP contribution in [0, 0.1) is 11.8 Å². The van der Waals surface area contributed by atoms with Crippen molar-refractivity contribution in [2.75, 3.05) is 32.7 Å². The van der Waals surface area contributed by atoms with Gasteiger partial charge in [-0.15, -0.1) is 0 Å². The van der Waals surface area contributed by atoms with Crippen LogP contribution in [-0.4, -0.2) is 78.9 Å². The number of nitrogens with two attached hydrogens (primary N) is 2. The molecule has 4 fully saturated rings. The molecule has 3 heterocycles. The molecular formula is C21H39N7O2. The zero-order valence-electron chi connectivity index (χ0n) is 18.0. The van der Waals surface area contributed by atoms with E-state index in [9.17, 15) is 9.59 Å². The molecule has 7 N–H and O–H groups in total. The molecule has 5 unspecified atom stereocenters. The maximum absolute atomic E-state index is 12.9. The van der Waals surface area contributed by atoms with E-state index in [1.54, 1.807) is 0 Å². The van der Waals surface area contributed by atoms with Gasteiger partial charge >= 0.3 is 0 Å². The van der Waals surface area contributed by atoms with Crippen molar-refractivity contribution in [1.29, 1.82) is 0 Å². The highest BCUT2D eigenvalue weighted by atomic mass is 16.2. The van der Waals surface area contributed by atoms with Gasteiger partial charge in [-0.2, -0.15) is 0 Å². The molecule has 0 aromatic heterocycles. The molecule has 1 saturated carbocycles. The monoisotopic (exact) mass is 421 g/mol. The van der Waals surface area contributed by atoms with Gasteiger partial charge in [0.1, 0.15) is 6.29 Å². The fourth-order valence-corrected chi connectivity index (χ4v) is 5.66. The molecule has 9 nitrogen and oxygen atoms in total. The molecule has 0 spiro atoms. The first-order valence-electron chi connectivity index (χ1n) is 11.8. The maximum Gasteiger partial charge on any atom is 0.225 e. The molecule has 30 heavy (non-hydrogen) atoms. The predicted octanol–water partition coefficient (Wildman–Crippen LogP) is -0.916. The van der Waals surface area contributed by atoms with Crippen molar-refractivity contribution < 1.29 is 9.59 Å². The van der Waals surface area contributed by atoms with Gasteiger partial charge in [-0.25, -0.2) is 0 Å². The average Bonchev–Trinajstić information content (AvgIpc) is 3.28. The lowest BCUT2D eigenvalue weighted by Crippen LogP contribution is -2.72. The number of hydrogen-bond donors (Lipinski definition) is 5. The lowest BCUT2D eigenvalue weighted by molar-refractivity contribution is -0.136. The minimum absolute atomic E-state index is 0.0185. The number of primary amides is 1. The zero-order chi connectivity index (χ0) is 21.1. The van der Waals surface area contributed by atoms with Gasteiger partial charge in [0.25, 0.3) is 0 Å². The normalized spacial score (nSPS) is 38.5. The summed E-state index contributed by atoms with van der Waals surface area (Å²) < 4.78 is 0. The van der Waals surface area contributed by atoms with Crippen molar-refractivity contribution in [3.05, 3.63) is 0 Å². The highest BCUT2D eigenvalue weighted by molar-refractivity contribution is 5.79. The minimum Gasteiger partial charge on any atom is -0.369 e. The topological polar surface area (TPSA) is 129 Å². The van der Waals surface area contributed by atoms with Crippen molar-refractivity contribution in [3.8, 4) is 0 Å². The number of nitrogens with one attached hydrogen (secondary N) is 3. The Kier molecular flexibility index (Phi) is 7.25. The molecule has 0 radical (unpaired) electrons. The summed E-state index contributed by atoms with van der Waals surface area (Å²) in [5, 5.41) is 10.7. The van der Waals surface area contributed by atoms with E-state index in [0.717, 1.165) is 77.5 Å². The second-order valence-corrected chi connectivity index (χ2v) is 9.62. The van der Waals surface area contributed by atoms with Gasteiger partial charge in [0.05, 0.1) is 12.1 Å². The quantitative estimate of drug-likeness (QED) is 0.388. The Morgan fingerprint density at radius 3 is 2.53 bits per heavy atom. The Balaban J connectivity index is 1.37. The summed E-state index contributed by atoms with van der Waals surface area (Å²) in [6, 6.07) is 0.412. The Morgan fingerprint density at radius 1 is 1.00 bits per heavy atom. The van der Waals surface area contributed by atoms with Crippen LogP contribution < -0.4 is 27.4 Å². The minimum atomic E-state index is -0.325. The second-order valence-electron chi connectivity index (χ2n) is 9.62. The van der Waals surface area contributed by atoms with Crippen molar-refractivity contribution in [2.45, 2.75) is 75.9 Å². The van der Waals surface area contributed by atoms with E-state index in [2.05, 4.69) is 20.9 Å². The van der Waals surface area contributed by atoms with Crippen LogP contribution in [0.5, 0.6) is 0 Å². The molecule has 0 aromatic carbocycles. The molecule has 6 atom stereocenters. The van der Waals surface area contributed by atoms with Gasteiger partial charge < -0.3 is 16.4 Å². The second kappa shape index (κ2) is 9.91. The first kappa shape index (κ1) is 22.0. The van der Waals surface area contributed by atoms with E-state index < -0.39 is 0 Å². The van der Waals surface area contributed by atoms with Crippen LogP contribution in [0.2, 0.25) is 0 Å². The highest BCUT2D eigenvalue weighted by Crippen LogP contribution is 2.28. The Hall–Kier alpha value is -1.26. The summed E-state index contributed by atoms with van der Waals surface area (Å²) in [6.07, 6.45) is 8.06. The highest BCUT2D eigenvalue weighted by Gasteiger charge is 2.39. The van der Waals surface area contributed by atoms with E-state index in [4.69, 9.17) is 11.5 Å². The zero-order valence-corrected chi connectivity index (χ0v) is 18.0. The number of hydrogen-bond acceptors (Lipinski definition) is 7. The number of carbonyl (C=O) groups is 2. The average molecular weight is 422 g/mol. The van der Waals surface area contributed by atoms with Crippen molar-refractivity contribution >= 4 is 11.8 Å². The van der Waals surface area contributed by atoms with Gasteiger partial charge in [-0.05, 0) is 44.9 Å². The Morgan fingerprint density at radius 2 is 1.80 bits per heavy atom. The summed E-state index contributed by atoms with van der Waals surface area (Å²) in [4.78, 5) is 29.3. The van der Waals surface area contributed by atoms with Gasteiger partial charge in [0, 0.05) is 50.7 Å². The fraction of sp³-hybridized carbons (Fsp3) is 0.905. The standard InChI is InChI=1S/C21H39N7O2/c22-15-6-4-10-28(13-15)21-24-12-17(18(23)29)19(26-21)25-16-7-3-5-14(11-16)20(30)27-8-1-2-9-27/h14-17,19,21,24-26H,1-13,22H2,(H2,23,29)/t14?,15-,16?,17?,19?,21?/m0/s1. The van der Waals surface area contributed by atoms with Crippen LogP contribution in [0.4, 0.5) is 0 Å². The van der Waals surface area contributed by atoms with Crippen molar-refractivity contribution in [1.82, 2.24) is 25.8 Å². The van der Waals surface area contributed by atoms with Crippen LogP contribution in [-0.2, 0) is 9.59 Å². The first-order valence-corrected chi connectivity index (χ1v) is 11.8. The number of nitrogens with zero attached hydrogens (tertiary/aromatic N) is 2. The van der Waals surface area contributed by atoms with Crippen LogP contribution in [0.3, 0.4) is 0 Å². The molecule has 4 aliphatic rings. The summed E-state index contributed by atoms with van der Waals surface area (Å²) in [6.45, 7) is 4.19. The molecule has 3 saturated heterocycles. The van der Waals surface area contributed by atoms with Gasteiger partial charge in [0.2, 0.25) is 11.8 Å². The third-order valence-electron chi connectivity index (χ3n) is 7.35. The Labute approximate surface area is 179 Å². The number of amides is 2. The van der Waals surface area contributed by atoms with Crippen LogP contribution in [0.1, 0.15) is 51.4 Å². The number of piperidine rings is 1. The molecule has 0 aromatic rings. The molecule has 2 amide bonds. The van der Waals surface area contributed by atoms with Crippen LogP contribution >= 0.6 is 0 Å². The maximum atomic E-state index is 12.9.